The molecule has 2 rings (SSSR count). The van der Waals surface area contributed by atoms with Gasteiger partial charge in [-0.05, 0) is 42.3 Å². The highest BCUT2D eigenvalue weighted by atomic mass is 16.3. The van der Waals surface area contributed by atoms with Gasteiger partial charge in [-0.2, -0.15) is 5.26 Å². The van der Waals surface area contributed by atoms with Gasteiger partial charge < -0.3 is 10.4 Å². The monoisotopic (exact) mass is 266 g/mol. The van der Waals surface area contributed by atoms with Crippen LogP contribution in [0, 0.1) is 18.3 Å². The zero-order valence-corrected chi connectivity index (χ0v) is 11.1. The third kappa shape index (κ3) is 3.15. The minimum absolute atomic E-state index is 0.0325. The number of hydrogen-bond donors (Lipinski definition) is 2. The molecule has 0 aliphatic carbocycles. The van der Waals surface area contributed by atoms with Crippen molar-refractivity contribution in [1.29, 1.82) is 5.26 Å². The number of hydrogen-bond acceptors (Lipinski definition) is 3. The Kier molecular flexibility index (Phi) is 4.02. The van der Waals surface area contributed by atoms with E-state index in [2.05, 4.69) is 11.4 Å². The molecule has 4 nitrogen and oxygen atoms in total. The number of carbonyl (C=O) groups excluding carboxylic acids is 1. The van der Waals surface area contributed by atoms with Crippen molar-refractivity contribution >= 4 is 11.6 Å². The SMILES string of the molecule is Cc1ccc(O)c(NC(=O)c2ccc(CC#N)cc2)c1. The van der Waals surface area contributed by atoms with Gasteiger partial charge in [-0.25, -0.2) is 0 Å². The summed E-state index contributed by atoms with van der Waals surface area (Å²) >= 11 is 0. The minimum Gasteiger partial charge on any atom is -0.506 e. The molecule has 0 aliphatic rings. The summed E-state index contributed by atoms with van der Waals surface area (Å²) in [6.07, 6.45) is 0.320. The van der Waals surface area contributed by atoms with Crippen LogP contribution in [-0.4, -0.2) is 11.0 Å². The minimum atomic E-state index is -0.297. The third-order valence-corrected chi connectivity index (χ3v) is 2.90. The fraction of sp³-hybridized carbons (Fsp3) is 0.125. The Morgan fingerprint density at radius 2 is 1.95 bits per heavy atom. The molecule has 0 saturated carbocycles. The van der Waals surface area contributed by atoms with Gasteiger partial charge in [0.1, 0.15) is 5.75 Å². The summed E-state index contributed by atoms with van der Waals surface area (Å²) in [6, 6.07) is 13.9. The highest BCUT2D eigenvalue weighted by molar-refractivity contribution is 6.05. The number of rotatable bonds is 3. The van der Waals surface area contributed by atoms with Gasteiger partial charge in [-0.1, -0.05) is 18.2 Å². The number of anilines is 1. The van der Waals surface area contributed by atoms with Crippen LogP contribution in [0.25, 0.3) is 0 Å². The smallest absolute Gasteiger partial charge is 0.255 e. The summed E-state index contributed by atoms with van der Waals surface area (Å²) in [4.78, 5) is 12.1. The fourth-order valence-electron chi connectivity index (χ4n) is 1.81. The van der Waals surface area contributed by atoms with Crippen molar-refractivity contribution in [2.24, 2.45) is 0 Å². The van der Waals surface area contributed by atoms with Gasteiger partial charge in [0.15, 0.2) is 0 Å². The molecule has 0 saturated heterocycles. The molecule has 2 aromatic carbocycles. The summed E-state index contributed by atoms with van der Waals surface area (Å²) in [6.45, 7) is 1.88. The second-order valence-corrected chi connectivity index (χ2v) is 4.51. The topological polar surface area (TPSA) is 73.1 Å². The van der Waals surface area contributed by atoms with Crippen LogP contribution in [0.3, 0.4) is 0 Å². The quantitative estimate of drug-likeness (QED) is 0.839. The van der Waals surface area contributed by atoms with E-state index in [1.165, 1.54) is 0 Å². The molecule has 0 heterocycles. The first kappa shape index (κ1) is 13.6. The largest absolute Gasteiger partial charge is 0.506 e. The lowest BCUT2D eigenvalue weighted by molar-refractivity contribution is 0.102. The molecule has 0 bridgehead atoms. The molecule has 0 atom stereocenters. The summed E-state index contributed by atoms with van der Waals surface area (Å²) in [7, 11) is 0. The van der Waals surface area contributed by atoms with Gasteiger partial charge in [0.05, 0.1) is 18.2 Å². The van der Waals surface area contributed by atoms with E-state index in [4.69, 9.17) is 5.26 Å². The van der Waals surface area contributed by atoms with E-state index in [1.807, 2.05) is 6.92 Å². The Morgan fingerprint density at radius 3 is 2.60 bits per heavy atom. The van der Waals surface area contributed by atoms with Crippen LogP contribution in [0.5, 0.6) is 5.75 Å². The first-order valence-corrected chi connectivity index (χ1v) is 6.17. The van der Waals surface area contributed by atoms with Crippen LogP contribution in [-0.2, 0) is 6.42 Å². The van der Waals surface area contributed by atoms with Crippen LogP contribution < -0.4 is 5.32 Å². The summed E-state index contributed by atoms with van der Waals surface area (Å²) < 4.78 is 0. The lowest BCUT2D eigenvalue weighted by Gasteiger charge is -2.08. The van der Waals surface area contributed by atoms with Gasteiger partial charge in [0.25, 0.3) is 5.91 Å². The van der Waals surface area contributed by atoms with E-state index in [-0.39, 0.29) is 11.7 Å². The predicted molar refractivity (Wildman–Crippen MR) is 76.6 cm³/mol. The van der Waals surface area contributed by atoms with Crippen molar-refractivity contribution in [3.05, 3.63) is 59.2 Å². The van der Waals surface area contributed by atoms with E-state index in [0.29, 0.717) is 17.7 Å². The van der Waals surface area contributed by atoms with Crippen LogP contribution in [0.15, 0.2) is 42.5 Å². The van der Waals surface area contributed by atoms with Crippen molar-refractivity contribution in [2.75, 3.05) is 5.32 Å². The van der Waals surface area contributed by atoms with Gasteiger partial charge in [0, 0.05) is 5.56 Å². The molecule has 4 heteroatoms. The molecule has 0 spiro atoms. The first-order chi connectivity index (χ1) is 9.60. The molecule has 0 radical (unpaired) electrons. The highest BCUT2D eigenvalue weighted by Gasteiger charge is 2.09. The molecule has 1 amide bonds. The number of amides is 1. The summed E-state index contributed by atoms with van der Waals surface area (Å²) in [5, 5.41) is 21.0. The Morgan fingerprint density at radius 1 is 1.25 bits per heavy atom. The van der Waals surface area contributed by atoms with E-state index < -0.39 is 0 Å². The molecule has 20 heavy (non-hydrogen) atoms. The van der Waals surface area contributed by atoms with Crippen LogP contribution >= 0.6 is 0 Å². The summed E-state index contributed by atoms with van der Waals surface area (Å²) in [5.74, 6) is -0.264. The molecule has 2 N–H and O–H groups in total. The Bertz CT molecular complexity index is 670. The molecule has 2 aromatic rings. The molecular weight excluding hydrogens is 252 g/mol. The molecule has 0 unspecified atom stereocenters. The Hall–Kier alpha value is -2.80. The van der Waals surface area contributed by atoms with Crippen molar-refractivity contribution in [3.8, 4) is 11.8 Å². The molecular formula is C16H14N2O2. The summed E-state index contributed by atoms with van der Waals surface area (Å²) in [5.41, 5.74) is 2.67. The average Bonchev–Trinajstić information content (AvgIpc) is 2.44. The van der Waals surface area contributed by atoms with Crippen LogP contribution in [0.4, 0.5) is 5.69 Å². The number of nitriles is 1. The van der Waals surface area contributed by atoms with Gasteiger partial charge >= 0.3 is 0 Å². The molecule has 0 fully saturated rings. The first-order valence-electron chi connectivity index (χ1n) is 6.17. The normalized spacial score (nSPS) is 9.80. The van der Waals surface area contributed by atoms with E-state index >= 15 is 0 Å². The van der Waals surface area contributed by atoms with E-state index in [9.17, 15) is 9.90 Å². The maximum absolute atomic E-state index is 12.1. The maximum Gasteiger partial charge on any atom is 0.255 e. The molecule has 0 aliphatic heterocycles. The number of nitrogens with zero attached hydrogens (tertiary/aromatic N) is 1. The Balaban J connectivity index is 2.15. The van der Waals surface area contributed by atoms with E-state index in [1.54, 1.807) is 42.5 Å². The van der Waals surface area contributed by atoms with Gasteiger partial charge in [0.2, 0.25) is 0 Å². The third-order valence-electron chi connectivity index (χ3n) is 2.90. The van der Waals surface area contributed by atoms with E-state index in [0.717, 1.165) is 11.1 Å². The molecule has 0 aromatic heterocycles. The Labute approximate surface area is 117 Å². The highest BCUT2D eigenvalue weighted by Crippen LogP contribution is 2.24. The molecule has 100 valence electrons. The van der Waals surface area contributed by atoms with Crippen molar-refractivity contribution in [2.45, 2.75) is 13.3 Å². The number of nitrogens with one attached hydrogen (secondary N) is 1. The lowest BCUT2D eigenvalue weighted by atomic mass is 10.1. The van der Waals surface area contributed by atoms with Crippen LogP contribution in [0.2, 0.25) is 0 Å². The maximum atomic E-state index is 12.1. The van der Waals surface area contributed by atoms with Crippen molar-refractivity contribution < 1.29 is 9.90 Å². The van der Waals surface area contributed by atoms with Crippen molar-refractivity contribution in [1.82, 2.24) is 0 Å². The second-order valence-electron chi connectivity index (χ2n) is 4.51. The number of phenolic OH excluding ortho intramolecular Hbond substituents is 1. The van der Waals surface area contributed by atoms with Gasteiger partial charge in [-0.3, -0.25) is 4.79 Å². The number of benzene rings is 2. The van der Waals surface area contributed by atoms with Crippen molar-refractivity contribution in [3.63, 3.8) is 0 Å². The predicted octanol–water partition coefficient (Wildman–Crippen LogP) is 3.02. The zero-order chi connectivity index (χ0) is 14.5. The standard InChI is InChI=1S/C16H14N2O2/c1-11-2-7-15(19)14(10-11)18-16(20)13-5-3-12(4-6-13)8-9-17/h2-7,10,19H,8H2,1H3,(H,18,20). The number of phenols is 1. The van der Waals surface area contributed by atoms with Gasteiger partial charge in [-0.15, -0.1) is 0 Å². The number of aromatic hydroxyl groups is 1. The zero-order valence-electron chi connectivity index (χ0n) is 11.1. The number of aryl methyl sites for hydroxylation is 1. The second kappa shape index (κ2) is 5.89. The fourth-order valence-corrected chi connectivity index (χ4v) is 1.81. The number of carbonyl (C=O) groups is 1. The average molecular weight is 266 g/mol. The lowest BCUT2D eigenvalue weighted by Crippen LogP contribution is -2.12. The van der Waals surface area contributed by atoms with Crippen LogP contribution in [0.1, 0.15) is 21.5 Å².